The lowest BCUT2D eigenvalue weighted by molar-refractivity contribution is -0.134. The summed E-state index contributed by atoms with van der Waals surface area (Å²) in [4.78, 5) is 14.2. The molecule has 98 valence electrons. The Labute approximate surface area is 110 Å². The van der Waals surface area contributed by atoms with Crippen molar-refractivity contribution in [3.05, 3.63) is 0 Å². The number of nitrogens with zero attached hydrogens (tertiary/aromatic N) is 1. The molecule has 0 aromatic rings. The molecule has 2 N–H and O–H groups in total. The normalized spacial score (nSPS) is 26.3. The summed E-state index contributed by atoms with van der Waals surface area (Å²) < 4.78 is 0. The van der Waals surface area contributed by atoms with Crippen molar-refractivity contribution in [1.29, 1.82) is 0 Å². The van der Waals surface area contributed by atoms with Gasteiger partial charge in [0.05, 0.1) is 10.9 Å². The number of nitrogens with two attached hydrogens (primary N) is 1. The average Bonchev–Trinajstić information content (AvgIpc) is 2.36. The first kappa shape index (κ1) is 14.4. The van der Waals surface area contributed by atoms with E-state index < -0.39 is 0 Å². The number of thiocarbonyl (C=S) groups is 1. The van der Waals surface area contributed by atoms with E-state index >= 15 is 0 Å². The number of amides is 1. The van der Waals surface area contributed by atoms with Crippen molar-refractivity contribution < 1.29 is 4.79 Å². The topological polar surface area (TPSA) is 46.3 Å². The van der Waals surface area contributed by atoms with Crippen molar-refractivity contribution in [1.82, 2.24) is 4.90 Å². The van der Waals surface area contributed by atoms with Gasteiger partial charge < -0.3 is 10.6 Å². The molecule has 0 heterocycles. The first-order chi connectivity index (χ1) is 7.97. The van der Waals surface area contributed by atoms with Gasteiger partial charge in [-0.25, -0.2) is 0 Å². The van der Waals surface area contributed by atoms with E-state index in [1.165, 1.54) is 19.3 Å². The summed E-state index contributed by atoms with van der Waals surface area (Å²) in [6.07, 6.45) is 5.96. The van der Waals surface area contributed by atoms with Crippen LogP contribution in [-0.4, -0.2) is 28.9 Å². The third kappa shape index (κ3) is 3.66. The Hall–Kier alpha value is -0.640. The highest BCUT2D eigenvalue weighted by Gasteiger charge is 2.28. The van der Waals surface area contributed by atoms with Crippen LogP contribution < -0.4 is 5.73 Å². The van der Waals surface area contributed by atoms with Gasteiger partial charge in [-0.15, -0.1) is 0 Å². The highest BCUT2D eigenvalue weighted by molar-refractivity contribution is 7.80. The van der Waals surface area contributed by atoms with Crippen molar-refractivity contribution >= 4 is 23.1 Å². The molecule has 1 amide bonds. The fraction of sp³-hybridized carbons (Fsp3) is 0.846. The largest absolute Gasteiger partial charge is 0.393 e. The SMILES string of the molecule is CCC1CCC(N(C)C(=O)C(C)C(N)=S)CC1. The molecule has 1 aliphatic rings. The summed E-state index contributed by atoms with van der Waals surface area (Å²) in [5.41, 5.74) is 5.53. The third-order valence-corrected chi connectivity index (χ3v) is 4.44. The Balaban J connectivity index is 2.51. The molecule has 0 aromatic carbocycles. The van der Waals surface area contributed by atoms with Crippen molar-refractivity contribution in [3.8, 4) is 0 Å². The second kappa shape index (κ2) is 6.34. The number of rotatable bonds is 4. The molecule has 0 spiro atoms. The van der Waals surface area contributed by atoms with Crippen LogP contribution in [-0.2, 0) is 4.79 Å². The fourth-order valence-corrected chi connectivity index (χ4v) is 2.65. The Morgan fingerprint density at radius 1 is 1.41 bits per heavy atom. The minimum atomic E-state index is -0.334. The Kier molecular flexibility index (Phi) is 5.37. The molecular weight excluding hydrogens is 232 g/mol. The molecule has 4 heteroatoms. The fourth-order valence-electron chi connectivity index (χ4n) is 2.55. The van der Waals surface area contributed by atoms with E-state index in [1.807, 2.05) is 11.9 Å². The summed E-state index contributed by atoms with van der Waals surface area (Å²) in [6.45, 7) is 4.04. The zero-order valence-corrected chi connectivity index (χ0v) is 11.9. The molecule has 3 nitrogen and oxygen atoms in total. The zero-order valence-electron chi connectivity index (χ0n) is 11.1. The number of hydrogen-bond acceptors (Lipinski definition) is 2. The average molecular weight is 256 g/mol. The molecular formula is C13H24N2OS. The van der Waals surface area contributed by atoms with Gasteiger partial charge in [0, 0.05) is 13.1 Å². The minimum Gasteiger partial charge on any atom is -0.393 e. The predicted octanol–water partition coefficient (Wildman–Crippen LogP) is 2.34. The maximum Gasteiger partial charge on any atom is 0.232 e. The molecule has 1 unspecified atom stereocenters. The molecule has 17 heavy (non-hydrogen) atoms. The molecule has 0 bridgehead atoms. The van der Waals surface area contributed by atoms with E-state index in [1.54, 1.807) is 6.92 Å². The quantitative estimate of drug-likeness (QED) is 0.785. The van der Waals surface area contributed by atoms with Crippen LogP contribution in [0.25, 0.3) is 0 Å². The number of carbonyl (C=O) groups is 1. The first-order valence-electron chi connectivity index (χ1n) is 6.53. The molecule has 0 radical (unpaired) electrons. The Morgan fingerprint density at radius 3 is 2.35 bits per heavy atom. The minimum absolute atomic E-state index is 0.0671. The van der Waals surface area contributed by atoms with E-state index in [0.717, 1.165) is 18.8 Å². The molecule has 1 rings (SSSR count). The van der Waals surface area contributed by atoms with Crippen LogP contribution in [0.2, 0.25) is 0 Å². The molecule has 0 aliphatic heterocycles. The predicted molar refractivity (Wildman–Crippen MR) is 74.8 cm³/mol. The third-order valence-electron chi connectivity index (χ3n) is 4.09. The molecule has 1 atom stereocenters. The van der Waals surface area contributed by atoms with Gasteiger partial charge in [0.25, 0.3) is 0 Å². The van der Waals surface area contributed by atoms with Gasteiger partial charge >= 0.3 is 0 Å². The molecule has 0 aromatic heterocycles. The van der Waals surface area contributed by atoms with Crippen molar-refractivity contribution in [2.24, 2.45) is 17.6 Å². The van der Waals surface area contributed by atoms with Gasteiger partial charge in [0.2, 0.25) is 5.91 Å². The molecule has 1 saturated carbocycles. The van der Waals surface area contributed by atoms with Gasteiger partial charge in [-0.05, 0) is 38.5 Å². The Morgan fingerprint density at radius 2 is 1.94 bits per heavy atom. The lowest BCUT2D eigenvalue weighted by Gasteiger charge is -2.35. The highest BCUT2D eigenvalue weighted by atomic mass is 32.1. The highest BCUT2D eigenvalue weighted by Crippen LogP contribution is 2.29. The zero-order chi connectivity index (χ0) is 13.0. The number of hydrogen-bond donors (Lipinski definition) is 1. The number of carbonyl (C=O) groups excluding carboxylic acids is 1. The van der Waals surface area contributed by atoms with Crippen LogP contribution >= 0.6 is 12.2 Å². The van der Waals surface area contributed by atoms with Crippen LogP contribution in [0.15, 0.2) is 0 Å². The van der Waals surface area contributed by atoms with Crippen LogP contribution in [0.3, 0.4) is 0 Å². The monoisotopic (exact) mass is 256 g/mol. The Bertz CT molecular complexity index is 285. The van der Waals surface area contributed by atoms with E-state index in [9.17, 15) is 4.79 Å². The lowest BCUT2D eigenvalue weighted by Crippen LogP contribution is -2.44. The van der Waals surface area contributed by atoms with Crippen LogP contribution in [0.1, 0.15) is 46.0 Å². The van der Waals surface area contributed by atoms with Crippen molar-refractivity contribution in [2.45, 2.75) is 52.0 Å². The second-order valence-electron chi connectivity index (χ2n) is 5.16. The smallest absolute Gasteiger partial charge is 0.232 e. The molecule has 1 aliphatic carbocycles. The summed E-state index contributed by atoms with van der Waals surface area (Å²) in [5, 5.41) is 0. The van der Waals surface area contributed by atoms with Gasteiger partial charge in [-0.1, -0.05) is 25.6 Å². The van der Waals surface area contributed by atoms with E-state index in [-0.39, 0.29) is 11.8 Å². The van der Waals surface area contributed by atoms with Gasteiger partial charge in [-0.3, -0.25) is 4.79 Å². The summed E-state index contributed by atoms with van der Waals surface area (Å²) in [7, 11) is 1.88. The van der Waals surface area contributed by atoms with Gasteiger partial charge in [-0.2, -0.15) is 0 Å². The van der Waals surface area contributed by atoms with E-state index in [2.05, 4.69) is 6.92 Å². The van der Waals surface area contributed by atoms with Crippen molar-refractivity contribution in [3.63, 3.8) is 0 Å². The molecule has 1 fully saturated rings. The van der Waals surface area contributed by atoms with E-state index in [0.29, 0.717) is 11.0 Å². The second-order valence-corrected chi connectivity index (χ2v) is 5.63. The maximum absolute atomic E-state index is 12.1. The lowest BCUT2D eigenvalue weighted by atomic mass is 9.84. The van der Waals surface area contributed by atoms with Crippen LogP contribution in [0.4, 0.5) is 0 Å². The summed E-state index contributed by atoms with van der Waals surface area (Å²) in [6, 6.07) is 0.377. The van der Waals surface area contributed by atoms with Gasteiger partial charge in [0.1, 0.15) is 0 Å². The van der Waals surface area contributed by atoms with Crippen LogP contribution in [0, 0.1) is 11.8 Å². The van der Waals surface area contributed by atoms with Crippen molar-refractivity contribution in [2.75, 3.05) is 7.05 Å². The van der Waals surface area contributed by atoms with Crippen LogP contribution in [0.5, 0.6) is 0 Å². The maximum atomic E-state index is 12.1. The molecule has 0 saturated heterocycles. The summed E-state index contributed by atoms with van der Waals surface area (Å²) >= 11 is 4.88. The van der Waals surface area contributed by atoms with Gasteiger partial charge in [0.15, 0.2) is 0 Å². The summed E-state index contributed by atoms with van der Waals surface area (Å²) in [5.74, 6) is 0.583. The van der Waals surface area contributed by atoms with E-state index in [4.69, 9.17) is 18.0 Å². The standard InChI is InChI=1S/C13H24N2OS/c1-4-10-5-7-11(8-6-10)15(3)13(16)9(2)12(14)17/h9-11H,4-8H2,1-3H3,(H2,14,17). The first-order valence-corrected chi connectivity index (χ1v) is 6.94.